The molecule has 0 saturated carbocycles. The summed E-state index contributed by atoms with van der Waals surface area (Å²) in [6.07, 6.45) is 2.16. The van der Waals surface area contributed by atoms with E-state index in [1.165, 1.54) is 5.56 Å². The molecule has 1 unspecified atom stereocenters. The van der Waals surface area contributed by atoms with Crippen LogP contribution >= 0.6 is 11.6 Å². The van der Waals surface area contributed by atoms with Crippen LogP contribution in [0.25, 0.3) is 0 Å². The van der Waals surface area contributed by atoms with Crippen molar-refractivity contribution in [2.24, 2.45) is 5.73 Å². The third-order valence-corrected chi connectivity index (χ3v) is 3.31. The Kier molecular flexibility index (Phi) is 2.52. The van der Waals surface area contributed by atoms with Gasteiger partial charge in [0.25, 0.3) is 0 Å². The zero-order valence-corrected chi connectivity index (χ0v) is 8.72. The minimum Gasteiger partial charge on any atom is -0.388 e. The summed E-state index contributed by atoms with van der Waals surface area (Å²) >= 11 is 6.07. The second-order valence-electron chi connectivity index (χ2n) is 3.98. The van der Waals surface area contributed by atoms with Gasteiger partial charge in [-0.25, -0.2) is 0 Å². The van der Waals surface area contributed by atoms with E-state index in [-0.39, 0.29) is 0 Å². The lowest BCUT2D eigenvalue weighted by Crippen LogP contribution is -2.42. The van der Waals surface area contributed by atoms with Crippen LogP contribution in [0.5, 0.6) is 0 Å². The molecule has 3 heteroatoms. The van der Waals surface area contributed by atoms with Gasteiger partial charge in [0.1, 0.15) is 0 Å². The largest absolute Gasteiger partial charge is 0.388 e. The lowest BCUT2D eigenvalue weighted by atomic mass is 9.80. The van der Waals surface area contributed by atoms with Crippen LogP contribution in [0.3, 0.4) is 0 Å². The fourth-order valence-corrected chi connectivity index (χ4v) is 2.31. The number of aliphatic hydroxyl groups is 1. The third kappa shape index (κ3) is 1.65. The van der Waals surface area contributed by atoms with E-state index in [0.29, 0.717) is 19.4 Å². The molecule has 0 fully saturated rings. The van der Waals surface area contributed by atoms with E-state index in [4.69, 9.17) is 17.3 Å². The second kappa shape index (κ2) is 3.54. The van der Waals surface area contributed by atoms with Crippen molar-refractivity contribution in [3.8, 4) is 0 Å². The Hall–Kier alpha value is -0.570. The molecule has 1 aromatic carbocycles. The molecule has 0 aliphatic heterocycles. The second-order valence-corrected chi connectivity index (χ2v) is 4.39. The van der Waals surface area contributed by atoms with Crippen LogP contribution in [0, 0.1) is 0 Å². The van der Waals surface area contributed by atoms with Crippen LogP contribution in [-0.2, 0) is 12.8 Å². The zero-order valence-electron chi connectivity index (χ0n) is 7.96. The van der Waals surface area contributed by atoms with Gasteiger partial charge in [0.05, 0.1) is 5.60 Å². The molecule has 2 rings (SSSR count). The van der Waals surface area contributed by atoms with Crippen LogP contribution < -0.4 is 5.73 Å². The number of benzene rings is 1. The number of nitrogens with two attached hydrogens (primary N) is 1. The highest BCUT2D eigenvalue weighted by Gasteiger charge is 2.31. The highest BCUT2D eigenvalue weighted by Crippen LogP contribution is 2.32. The van der Waals surface area contributed by atoms with Crippen molar-refractivity contribution in [1.82, 2.24) is 0 Å². The Morgan fingerprint density at radius 3 is 3.00 bits per heavy atom. The number of fused-ring (bicyclic) bond motifs is 1. The lowest BCUT2D eigenvalue weighted by molar-refractivity contribution is 0.0354. The topological polar surface area (TPSA) is 46.2 Å². The van der Waals surface area contributed by atoms with Crippen LogP contribution in [0.4, 0.5) is 0 Å². The number of hydrogen-bond acceptors (Lipinski definition) is 2. The molecule has 0 aromatic heterocycles. The molecule has 14 heavy (non-hydrogen) atoms. The molecule has 1 aliphatic rings. The van der Waals surface area contributed by atoms with E-state index in [1.54, 1.807) is 0 Å². The Morgan fingerprint density at radius 2 is 2.29 bits per heavy atom. The van der Waals surface area contributed by atoms with Crippen molar-refractivity contribution in [3.63, 3.8) is 0 Å². The predicted octanol–water partition coefficient (Wildman–Crippen LogP) is 1.52. The maximum atomic E-state index is 10.0. The van der Waals surface area contributed by atoms with Crippen molar-refractivity contribution in [2.75, 3.05) is 6.54 Å². The fraction of sp³-hybridized carbons (Fsp3) is 0.455. The van der Waals surface area contributed by atoms with Gasteiger partial charge in [-0.05, 0) is 30.0 Å². The number of rotatable bonds is 1. The minimum atomic E-state index is -0.725. The van der Waals surface area contributed by atoms with Crippen molar-refractivity contribution >= 4 is 11.6 Å². The molecule has 76 valence electrons. The van der Waals surface area contributed by atoms with Crippen LogP contribution in [-0.4, -0.2) is 17.3 Å². The zero-order chi connectivity index (χ0) is 10.2. The van der Waals surface area contributed by atoms with Crippen molar-refractivity contribution in [1.29, 1.82) is 0 Å². The maximum Gasteiger partial charge on any atom is 0.0812 e. The summed E-state index contributed by atoms with van der Waals surface area (Å²) in [5, 5.41) is 10.9. The summed E-state index contributed by atoms with van der Waals surface area (Å²) in [6.45, 7) is 0.318. The van der Waals surface area contributed by atoms with Gasteiger partial charge in [-0.1, -0.05) is 23.7 Å². The Bertz CT molecular complexity index is 353. The van der Waals surface area contributed by atoms with Gasteiger partial charge in [0.2, 0.25) is 0 Å². The fourth-order valence-electron chi connectivity index (χ4n) is 2.02. The first-order valence-corrected chi connectivity index (χ1v) is 5.21. The number of hydrogen-bond donors (Lipinski definition) is 2. The summed E-state index contributed by atoms with van der Waals surface area (Å²) in [7, 11) is 0. The van der Waals surface area contributed by atoms with E-state index in [9.17, 15) is 5.11 Å². The van der Waals surface area contributed by atoms with Crippen LogP contribution in [0.15, 0.2) is 18.2 Å². The molecule has 0 amide bonds. The highest BCUT2D eigenvalue weighted by molar-refractivity contribution is 6.31. The quantitative estimate of drug-likeness (QED) is 0.740. The van der Waals surface area contributed by atoms with Crippen molar-refractivity contribution in [2.45, 2.75) is 24.9 Å². The Morgan fingerprint density at radius 1 is 1.50 bits per heavy atom. The van der Waals surface area contributed by atoms with Gasteiger partial charge in [-0.15, -0.1) is 0 Å². The monoisotopic (exact) mass is 211 g/mol. The van der Waals surface area contributed by atoms with Gasteiger partial charge in [0, 0.05) is 18.0 Å². The van der Waals surface area contributed by atoms with Gasteiger partial charge < -0.3 is 10.8 Å². The molecule has 0 saturated heterocycles. The lowest BCUT2D eigenvalue weighted by Gasteiger charge is -2.32. The molecule has 0 heterocycles. The molecule has 1 aromatic rings. The highest BCUT2D eigenvalue weighted by atomic mass is 35.5. The normalized spacial score (nSPS) is 25.9. The van der Waals surface area contributed by atoms with E-state index in [0.717, 1.165) is 17.0 Å². The van der Waals surface area contributed by atoms with Crippen molar-refractivity contribution < 1.29 is 5.11 Å². The average molecular weight is 212 g/mol. The molecular weight excluding hydrogens is 198 g/mol. The van der Waals surface area contributed by atoms with Crippen molar-refractivity contribution in [3.05, 3.63) is 34.3 Å². The van der Waals surface area contributed by atoms with Crippen LogP contribution in [0.2, 0.25) is 5.02 Å². The summed E-state index contributed by atoms with van der Waals surface area (Å²) in [5.41, 5.74) is 7.13. The molecule has 0 spiro atoms. The van der Waals surface area contributed by atoms with E-state index < -0.39 is 5.60 Å². The maximum absolute atomic E-state index is 10.0. The van der Waals surface area contributed by atoms with Gasteiger partial charge in [0.15, 0.2) is 0 Å². The van der Waals surface area contributed by atoms with Gasteiger partial charge in [-0.3, -0.25) is 0 Å². The molecule has 3 N–H and O–H groups in total. The average Bonchev–Trinajstić information content (AvgIpc) is 2.18. The molecule has 2 nitrogen and oxygen atoms in total. The molecular formula is C11H14ClNO. The van der Waals surface area contributed by atoms with E-state index in [2.05, 4.69) is 0 Å². The van der Waals surface area contributed by atoms with Gasteiger partial charge in [-0.2, -0.15) is 0 Å². The molecule has 0 radical (unpaired) electrons. The first-order chi connectivity index (χ1) is 6.64. The summed E-state index contributed by atoms with van der Waals surface area (Å²) in [4.78, 5) is 0. The predicted molar refractivity (Wildman–Crippen MR) is 57.5 cm³/mol. The first-order valence-electron chi connectivity index (χ1n) is 4.83. The van der Waals surface area contributed by atoms with Gasteiger partial charge >= 0.3 is 0 Å². The number of halogens is 1. The smallest absolute Gasteiger partial charge is 0.0812 e. The standard InChI is InChI=1S/C11H14ClNO/c12-10-3-1-2-8-6-11(14,7-13)5-4-9(8)10/h1-3,14H,4-7,13H2. The molecule has 1 aliphatic carbocycles. The molecule has 0 bridgehead atoms. The minimum absolute atomic E-state index is 0.318. The summed E-state index contributed by atoms with van der Waals surface area (Å²) in [6, 6.07) is 5.83. The summed E-state index contributed by atoms with van der Waals surface area (Å²) in [5.74, 6) is 0. The Labute approximate surface area is 88.7 Å². The van der Waals surface area contributed by atoms with E-state index in [1.807, 2.05) is 18.2 Å². The first kappa shape index (κ1) is 9.97. The van der Waals surface area contributed by atoms with E-state index >= 15 is 0 Å². The SMILES string of the molecule is NCC1(O)CCc2c(Cl)cccc2C1. The third-order valence-electron chi connectivity index (χ3n) is 2.96. The van der Waals surface area contributed by atoms with Crippen LogP contribution in [0.1, 0.15) is 17.5 Å². The molecule has 1 atom stereocenters. The Balaban J connectivity index is 2.36. The summed E-state index contributed by atoms with van der Waals surface area (Å²) < 4.78 is 0.